The van der Waals surface area contributed by atoms with Gasteiger partial charge in [-0.2, -0.15) is 0 Å². The lowest BCUT2D eigenvalue weighted by atomic mass is 10.2. The Balaban J connectivity index is 2.23. The summed E-state index contributed by atoms with van der Waals surface area (Å²) in [4.78, 5) is 4.12. The van der Waals surface area contributed by atoms with E-state index in [1.165, 1.54) is 13.1 Å². The number of imidazole rings is 1. The summed E-state index contributed by atoms with van der Waals surface area (Å²) < 4.78 is 28.3. The Morgan fingerprint density at radius 2 is 2.19 bits per heavy atom. The molecule has 2 aromatic rings. The van der Waals surface area contributed by atoms with Gasteiger partial charge in [0, 0.05) is 30.7 Å². The van der Waals surface area contributed by atoms with Gasteiger partial charge in [-0.1, -0.05) is 0 Å². The van der Waals surface area contributed by atoms with E-state index >= 15 is 0 Å². The minimum absolute atomic E-state index is 0.0219. The van der Waals surface area contributed by atoms with Crippen LogP contribution in [0.3, 0.4) is 0 Å². The van der Waals surface area contributed by atoms with E-state index in [9.17, 15) is 8.42 Å². The topological polar surface area (TPSA) is 102 Å². The summed E-state index contributed by atoms with van der Waals surface area (Å²) in [5.41, 5.74) is 6.61. The van der Waals surface area contributed by atoms with Crippen molar-refractivity contribution in [1.29, 1.82) is 0 Å². The first-order valence-corrected chi connectivity index (χ1v) is 7.96. The highest BCUT2D eigenvalue weighted by atomic mass is 32.2. The molecular weight excluding hydrogens is 290 g/mol. The maximum Gasteiger partial charge on any atom is 0.242 e. The van der Waals surface area contributed by atoms with Gasteiger partial charge in [0.05, 0.1) is 12.0 Å². The summed E-state index contributed by atoms with van der Waals surface area (Å²) in [7, 11) is -2.20. The molecular formula is C13H19N5O2S. The smallest absolute Gasteiger partial charge is 0.242 e. The number of benzene rings is 1. The van der Waals surface area contributed by atoms with Crippen LogP contribution in [0.2, 0.25) is 0 Å². The molecule has 8 heteroatoms. The molecule has 1 atom stereocenters. The minimum Gasteiger partial charge on any atom is -0.399 e. The predicted octanol–water partition coefficient (Wildman–Crippen LogP) is 0.874. The highest BCUT2D eigenvalue weighted by Gasteiger charge is 2.18. The van der Waals surface area contributed by atoms with Gasteiger partial charge in [-0.3, -0.25) is 0 Å². The van der Waals surface area contributed by atoms with Crippen molar-refractivity contribution < 1.29 is 8.42 Å². The SMILES string of the molecule is CNS(=O)(=O)c1cc(N)ccc1NC(C)Cn1ccnc1. The third kappa shape index (κ3) is 3.73. The standard InChI is InChI=1S/C13H19N5O2S/c1-10(8-18-6-5-16-9-18)17-12-4-3-11(14)7-13(12)21(19,20)15-2/h3-7,9-10,15,17H,8,14H2,1-2H3. The fraction of sp³-hybridized carbons (Fsp3) is 0.308. The Labute approximate surface area is 124 Å². The Hall–Kier alpha value is -2.06. The molecule has 0 bridgehead atoms. The van der Waals surface area contributed by atoms with E-state index in [1.54, 1.807) is 24.7 Å². The summed E-state index contributed by atoms with van der Waals surface area (Å²) in [5, 5.41) is 3.19. The van der Waals surface area contributed by atoms with Crippen molar-refractivity contribution in [2.75, 3.05) is 18.1 Å². The molecule has 0 saturated heterocycles. The van der Waals surface area contributed by atoms with Crippen LogP contribution in [-0.4, -0.2) is 31.1 Å². The van der Waals surface area contributed by atoms with Crippen LogP contribution in [0.4, 0.5) is 11.4 Å². The van der Waals surface area contributed by atoms with Crippen LogP contribution in [0, 0.1) is 0 Å². The van der Waals surface area contributed by atoms with Crippen molar-refractivity contribution in [3.63, 3.8) is 0 Å². The van der Waals surface area contributed by atoms with Crippen molar-refractivity contribution in [2.45, 2.75) is 24.4 Å². The molecule has 4 N–H and O–H groups in total. The molecule has 1 unspecified atom stereocenters. The Bertz CT molecular complexity index is 697. The van der Waals surface area contributed by atoms with E-state index in [0.717, 1.165) is 0 Å². The number of rotatable bonds is 6. The molecule has 114 valence electrons. The van der Waals surface area contributed by atoms with E-state index in [-0.39, 0.29) is 10.9 Å². The second-order valence-electron chi connectivity index (χ2n) is 4.77. The third-order valence-electron chi connectivity index (χ3n) is 3.01. The van der Waals surface area contributed by atoms with Crippen LogP contribution in [0.15, 0.2) is 41.8 Å². The van der Waals surface area contributed by atoms with Crippen molar-refractivity contribution in [3.05, 3.63) is 36.9 Å². The largest absolute Gasteiger partial charge is 0.399 e. The summed E-state index contributed by atoms with van der Waals surface area (Å²) in [6, 6.07) is 4.80. The van der Waals surface area contributed by atoms with E-state index in [4.69, 9.17) is 5.73 Å². The maximum absolute atomic E-state index is 12.1. The van der Waals surface area contributed by atoms with Crippen molar-refractivity contribution in [1.82, 2.24) is 14.3 Å². The number of nitrogens with zero attached hydrogens (tertiary/aromatic N) is 2. The van der Waals surface area contributed by atoms with Gasteiger partial charge in [0.2, 0.25) is 10.0 Å². The number of nitrogens with one attached hydrogen (secondary N) is 2. The lowest BCUT2D eigenvalue weighted by Crippen LogP contribution is -2.25. The van der Waals surface area contributed by atoms with Crippen LogP contribution in [-0.2, 0) is 16.6 Å². The molecule has 1 aromatic carbocycles. The van der Waals surface area contributed by atoms with Crippen LogP contribution < -0.4 is 15.8 Å². The Morgan fingerprint density at radius 3 is 2.81 bits per heavy atom. The maximum atomic E-state index is 12.1. The molecule has 0 aliphatic rings. The first-order chi connectivity index (χ1) is 9.92. The normalized spacial score (nSPS) is 13.0. The molecule has 7 nitrogen and oxygen atoms in total. The first-order valence-electron chi connectivity index (χ1n) is 6.47. The highest BCUT2D eigenvalue weighted by Crippen LogP contribution is 2.24. The number of hydrogen-bond acceptors (Lipinski definition) is 5. The summed E-state index contributed by atoms with van der Waals surface area (Å²) >= 11 is 0. The summed E-state index contributed by atoms with van der Waals surface area (Å²) in [6.45, 7) is 2.63. The molecule has 0 aliphatic heterocycles. The molecule has 0 saturated carbocycles. The second kappa shape index (κ2) is 6.15. The monoisotopic (exact) mass is 309 g/mol. The quantitative estimate of drug-likeness (QED) is 0.687. The van der Waals surface area contributed by atoms with Gasteiger partial charge in [-0.25, -0.2) is 18.1 Å². The minimum atomic E-state index is -3.57. The Morgan fingerprint density at radius 1 is 1.43 bits per heavy atom. The van der Waals surface area contributed by atoms with Crippen molar-refractivity contribution >= 4 is 21.4 Å². The number of nitrogens with two attached hydrogens (primary N) is 1. The molecule has 0 radical (unpaired) electrons. The van der Waals surface area contributed by atoms with Gasteiger partial charge < -0.3 is 15.6 Å². The van der Waals surface area contributed by atoms with E-state index in [2.05, 4.69) is 15.0 Å². The molecule has 1 aromatic heterocycles. The highest BCUT2D eigenvalue weighted by molar-refractivity contribution is 7.89. The Kier molecular flexibility index (Phi) is 4.49. The van der Waals surface area contributed by atoms with E-state index in [1.807, 2.05) is 17.7 Å². The van der Waals surface area contributed by atoms with Gasteiger partial charge >= 0.3 is 0 Å². The molecule has 2 rings (SSSR count). The van der Waals surface area contributed by atoms with Gasteiger partial charge in [0.1, 0.15) is 4.90 Å². The number of aromatic nitrogens is 2. The lowest BCUT2D eigenvalue weighted by molar-refractivity contribution is 0.587. The van der Waals surface area contributed by atoms with Gasteiger partial charge in [-0.05, 0) is 32.2 Å². The number of anilines is 2. The second-order valence-corrected chi connectivity index (χ2v) is 6.62. The van der Waals surface area contributed by atoms with Crippen molar-refractivity contribution in [3.8, 4) is 0 Å². The zero-order chi connectivity index (χ0) is 15.5. The van der Waals surface area contributed by atoms with Crippen LogP contribution in [0.1, 0.15) is 6.92 Å². The zero-order valence-electron chi connectivity index (χ0n) is 11.9. The fourth-order valence-corrected chi connectivity index (χ4v) is 2.94. The van der Waals surface area contributed by atoms with E-state index < -0.39 is 10.0 Å². The lowest BCUT2D eigenvalue weighted by Gasteiger charge is -2.18. The number of hydrogen-bond donors (Lipinski definition) is 3. The predicted molar refractivity (Wildman–Crippen MR) is 82.4 cm³/mol. The average Bonchev–Trinajstić information content (AvgIpc) is 2.93. The van der Waals surface area contributed by atoms with E-state index in [0.29, 0.717) is 17.9 Å². The zero-order valence-corrected chi connectivity index (χ0v) is 12.8. The van der Waals surface area contributed by atoms with Crippen molar-refractivity contribution in [2.24, 2.45) is 0 Å². The van der Waals surface area contributed by atoms with Crippen LogP contribution in [0.25, 0.3) is 0 Å². The molecule has 0 fully saturated rings. The van der Waals surface area contributed by atoms with Gasteiger partial charge in [0.15, 0.2) is 0 Å². The van der Waals surface area contributed by atoms with Gasteiger partial charge in [-0.15, -0.1) is 0 Å². The molecule has 21 heavy (non-hydrogen) atoms. The fourth-order valence-electron chi connectivity index (χ4n) is 2.01. The molecule has 0 aliphatic carbocycles. The molecule has 0 spiro atoms. The summed E-state index contributed by atoms with van der Waals surface area (Å²) in [5.74, 6) is 0. The van der Waals surface area contributed by atoms with Crippen LogP contribution >= 0.6 is 0 Å². The molecule has 1 heterocycles. The first kappa shape index (κ1) is 15.3. The number of sulfonamides is 1. The summed E-state index contributed by atoms with van der Waals surface area (Å²) in [6.07, 6.45) is 5.27. The molecule has 0 amide bonds. The van der Waals surface area contributed by atoms with Crippen LogP contribution in [0.5, 0.6) is 0 Å². The average molecular weight is 309 g/mol. The van der Waals surface area contributed by atoms with Gasteiger partial charge in [0.25, 0.3) is 0 Å². The number of nitrogen functional groups attached to an aromatic ring is 1. The third-order valence-corrected chi connectivity index (χ3v) is 4.46.